The lowest BCUT2D eigenvalue weighted by Gasteiger charge is -2.13. The number of carbonyl (C=O) groups is 1. The highest BCUT2D eigenvalue weighted by molar-refractivity contribution is 7.99. The summed E-state index contributed by atoms with van der Waals surface area (Å²) in [6.45, 7) is 8.26. The Morgan fingerprint density at radius 3 is 2.56 bits per heavy atom. The van der Waals surface area contributed by atoms with E-state index in [2.05, 4.69) is 28.6 Å². The topological polar surface area (TPSA) is 60.9 Å². The van der Waals surface area contributed by atoms with E-state index in [4.69, 9.17) is 4.42 Å². The van der Waals surface area contributed by atoms with Gasteiger partial charge in [0, 0.05) is 28.6 Å². The van der Waals surface area contributed by atoms with Gasteiger partial charge in [-0.2, -0.15) is 0 Å². The van der Waals surface area contributed by atoms with Crippen LogP contribution in [0.15, 0.2) is 46.0 Å². The number of hydrogen-bond acceptors (Lipinski definition) is 5. The third-order valence-electron chi connectivity index (χ3n) is 4.06. The van der Waals surface area contributed by atoms with Gasteiger partial charge in [0.25, 0.3) is 5.22 Å². The molecule has 3 aromatic rings. The zero-order valence-corrected chi connectivity index (χ0v) is 15.6. The van der Waals surface area contributed by atoms with E-state index in [1.807, 2.05) is 50.2 Å². The Morgan fingerprint density at radius 2 is 1.92 bits per heavy atom. The first kappa shape index (κ1) is 17.5. The number of aryl methyl sites for hydroxylation is 1. The number of benzene rings is 1. The number of carbonyl (C=O) groups excluding carboxylic acids is 1. The van der Waals surface area contributed by atoms with Crippen molar-refractivity contribution in [1.82, 2.24) is 14.8 Å². The molecule has 5 nitrogen and oxygen atoms in total. The molecule has 1 aromatic carbocycles. The molecule has 130 valence electrons. The summed E-state index contributed by atoms with van der Waals surface area (Å²) in [6, 6.07) is 11.9. The second kappa shape index (κ2) is 7.27. The predicted molar refractivity (Wildman–Crippen MR) is 99.1 cm³/mol. The minimum Gasteiger partial charge on any atom is -0.411 e. The zero-order valence-electron chi connectivity index (χ0n) is 14.8. The maximum absolute atomic E-state index is 12.6. The van der Waals surface area contributed by atoms with E-state index in [-0.39, 0.29) is 11.5 Å². The molecular weight excluding hydrogens is 334 g/mol. The van der Waals surface area contributed by atoms with E-state index >= 15 is 0 Å². The second-order valence-corrected chi connectivity index (χ2v) is 7.13. The van der Waals surface area contributed by atoms with E-state index in [1.165, 1.54) is 11.8 Å². The molecule has 0 amide bonds. The van der Waals surface area contributed by atoms with Gasteiger partial charge in [-0.3, -0.25) is 4.79 Å². The molecule has 0 fully saturated rings. The lowest BCUT2D eigenvalue weighted by molar-refractivity contribution is 0.102. The molecule has 6 heteroatoms. The number of thioether (sulfide) groups is 1. The highest BCUT2D eigenvalue weighted by atomic mass is 32.2. The number of ketones is 1. The maximum atomic E-state index is 12.6. The highest BCUT2D eigenvalue weighted by Crippen LogP contribution is 2.25. The fourth-order valence-corrected chi connectivity index (χ4v) is 3.67. The van der Waals surface area contributed by atoms with Crippen molar-refractivity contribution in [3.8, 4) is 11.5 Å². The molecule has 0 aliphatic heterocycles. The van der Waals surface area contributed by atoms with Crippen molar-refractivity contribution in [2.24, 2.45) is 0 Å². The number of nitrogens with zero attached hydrogens (tertiary/aromatic N) is 3. The molecule has 0 unspecified atom stereocenters. The molecule has 25 heavy (non-hydrogen) atoms. The summed E-state index contributed by atoms with van der Waals surface area (Å²) in [5.41, 5.74) is 3.74. The standard InChI is InChI=1S/C19H21N3O2S/c1-12(2)22-13(3)10-16(14(22)4)17(23)11-25-19-21-20-18(24-19)15-8-6-5-7-9-15/h5-10,12H,11H2,1-4H3. The first-order chi connectivity index (χ1) is 12.0. The second-order valence-electron chi connectivity index (χ2n) is 6.20. The lowest BCUT2D eigenvalue weighted by atomic mass is 10.2. The minimum atomic E-state index is 0.0736. The SMILES string of the molecule is Cc1cc(C(=O)CSc2nnc(-c3ccccc3)o2)c(C)n1C(C)C. The minimum absolute atomic E-state index is 0.0736. The molecule has 0 bridgehead atoms. The van der Waals surface area contributed by atoms with Gasteiger partial charge in [0.2, 0.25) is 5.89 Å². The molecule has 0 atom stereocenters. The van der Waals surface area contributed by atoms with Gasteiger partial charge in [-0.15, -0.1) is 10.2 Å². The number of aromatic nitrogens is 3. The third kappa shape index (κ3) is 3.69. The van der Waals surface area contributed by atoms with Crippen molar-refractivity contribution in [3.63, 3.8) is 0 Å². The van der Waals surface area contributed by atoms with Crippen molar-refractivity contribution in [2.45, 2.75) is 39.0 Å². The molecule has 0 saturated carbocycles. The monoisotopic (exact) mass is 355 g/mol. The molecule has 0 spiro atoms. The summed E-state index contributed by atoms with van der Waals surface area (Å²) in [5.74, 6) is 0.816. The van der Waals surface area contributed by atoms with Crippen molar-refractivity contribution >= 4 is 17.5 Å². The number of Topliss-reactive ketones (excluding diaryl/α,β-unsaturated/α-hetero) is 1. The smallest absolute Gasteiger partial charge is 0.277 e. The first-order valence-corrected chi connectivity index (χ1v) is 9.19. The summed E-state index contributed by atoms with van der Waals surface area (Å²) in [6.07, 6.45) is 0. The summed E-state index contributed by atoms with van der Waals surface area (Å²) < 4.78 is 7.82. The average molecular weight is 355 g/mol. The molecule has 0 aliphatic carbocycles. The predicted octanol–water partition coefficient (Wildman–Crippen LogP) is 4.71. The van der Waals surface area contributed by atoms with Gasteiger partial charge in [0.05, 0.1) is 5.75 Å². The Kier molecular flexibility index (Phi) is 5.08. The van der Waals surface area contributed by atoms with Crippen LogP contribution in [0.2, 0.25) is 0 Å². The van der Waals surface area contributed by atoms with Gasteiger partial charge in [0.1, 0.15) is 0 Å². The summed E-state index contributed by atoms with van der Waals surface area (Å²) in [5, 5.41) is 8.47. The van der Waals surface area contributed by atoms with Gasteiger partial charge in [-0.05, 0) is 45.9 Å². The molecule has 2 aromatic heterocycles. The van der Waals surface area contributed by atoms with Crippen LogP contribution in [0.25, 0.3) is 11.5 Å². The molecule has 3 rings (SSSR count). The van der Waals surface area contributed by atoms with Crippen LogP contribution in [0.5, 0.6) is 0 Å². The number of hydrogen-bond donors (Lipinski definition) is 0. The molecular formula is C19H21N3O2S. The van der Waals surface area contributed by atoms with Gasteiger partial charge in [0.15, 0.2) is 5.78 Å². The molecule has 2 heterocycles. The van der Waals surface area contributed by atoms with E-state index in [1.54, 1.807) is 0 Å². The quantitative estimate of drug-likeness (QED) is 0.473. The summed E-state index contributed by atoms with van der Waals surface area (Å²) >= 11 is 1.27. The largest absolute Gasteiger partial charge is 0.411 e. The van der Waals surface area contributed by atoms with Crippen LogP contribution in [-0.4, -0.2) is 26.3 Å². The average Bonchev–Trinajstić information content (AvgIpc) is 3.18. The fourth-order valence-electron chi connectivity index (χ4n) is 3.02. The molecule has 0 N–H and O–H groups in total. The Hall–Kier alpha value is -2.34. The van der Waals surface area contributed by atoms with Gasteiger partial charge in [-0.1, -0.05) is 30.0 Å². The van der Waals surface area contributed by atoms with E-state index < -0.39 is 0 Å². The molecule has 0 radical (unpaired) electrons. The zero-order chi connectivity index (χ0) is 18.0. The van der Waals surface area contributed by atoms with Crippen LogP contribution < -0.4 is 0 Å². The Balaban J connectivity index is 1.69. The highest BCUT2D eigenvalue weighted by Gasteiger charge is 2.18. The van der Waals surface area contributed by atoms with Crippen LogP contribution in [0.3, 0.4) is 0 Å². The molecule has 0 aliphatic rings. The van der Waals surface area contributed by atoms with E-state index in [0.717, 1.165) is 22.5 Å². The van der Waals surface area contributed by atoms with Crippen molar-refractivity contribution in [1.29, 1.82) is 0 Å². The first-order valence-electron chi connectivity index (χ1n) is 8.20. The van der Waals surface area contributed by atoms with Gasteiger partial charge >= 0.3 is 0 Å². The van der Waals surface area contributed by atoms with Crippen molar-refractivity contribution in [3.05, 3.63) is 53.3 Å². The van der Waals surface area contributed by atoms with Crippen molar-refractivity contribution < 1.29 is 9.21 Å². The van der Waals surface area contributed by atoms with Crippen molar-refractivity contribution in [2.75, 3.05) is 5.75 Å². The summed E-state index contributed by atoms with van der Waals surface area (Å²) in [4.78, 5) is 12.6. The number of rotatable bonds is 6. The molecule has 0 saturated heterocycles. The lowest BCUT2D eigenvalue weighted by Crippen LogP contribution is -2.08. The normalized spacial score (nSPS) is 11.2. The van der Waals surface area contributed by atoms with Crippen LogP contribution in [0.1, 0.15) is 41.6 Å². The van der Waals surface area contributed by atoms with Crippen LogP contribution in [0, 0.1) is 13.8 Å². The van der Waals surface area contributed by atoms with Gasteiger partial charge in [-0.25, -0.2) is 0 Å². The van der Waals surface area contributed by atoms with Crippen LogP contribution in [-0.2, 0) is 0 Å². The maximum Gasteiger partial charge on any atom is 0.277 e. The van der Waals surface area contributed by atoms with E-state index in [0.29, 0.717) is 17.2 Å². The van der Waals surface area contributed by atoms with Crippen LogP contribution >= 0.6 is 11.8 Å². The summed E-state index contributed by atoms with van der Waals surface area (Å²) in [7, 11) is 0. The Labute approximate surface area is 151 Å². The van der Waals surface area contributed by atoms with E-state index in [9.17, 15) is 4.79 Å². The van der Waals surface area contributed by atoms with Gasteiger partial charge < -0.3 is 8.98 Å². The Morgan fingerprint density at radius 1 is 1.20 bits per heavy atom. The van der Waals surface area contributed by atoms with Crippen LogP contribution in [0.4, 0.5) is 0 Å². The fraction of sp³-hybridized carbons (Fsp3) is 0.316. The Bertz CT molecular complexity index is 881. The third-order valence-corrected chi connectivity index (χ3v) is 4.87.